The number of aliphatic carboxylic acids is 1. The van der Waals surface area contributed by atoms with Crippen LogP contribution in [0.3, 0.4) is 0 Å². The van der Waals surface area contributed by atoms with E-state index >= 15 is 0 Å². The van der Waals surface area contributed by atoms with E-state index in [1.165, 1.54) is 4.90 Å². The molecule has 0 radical (unpaired) electrons. The number of carbonyl (C=O) groups excluding carboxylic acids is 1. The van der Waals surface area contributed by atoms with E-state index in [1.54, 1.807) is 0 Å². The molecule has 1 aromatic heterocycles. The molecule has 22 heavy (non-hydrogen) atoms. The van der Waals surface area contributed by atoms with Crippen LogP contribution in [-0.2, 0) is 22.3 Å². The van der Waals surface area contributed by atoms with Gasteiger partial charge in [-0.25, -0.2) is 4.79 Å². The van der Waals surface area contributed by atoms with Crippen molar-refractivity contribution in [1.82, 2.24) is 14.7 Å². The molecule has 0 aromatic carbocycles. The Bertz CT molecular complexity index is 576. The molecule has 10 heteroatoms. The van der Waals surface area contributed by atoms with Gasteiger partial charge in [0.1, 0.15) is 6.54 Å². The summed E-state index contributed by atoms with van der Waals surface area (Å²) in [6.45, 7) is -0.328. The summed E-state index contributed by atoms with van der Waals surface area (Å²) in [5, 5.41) is 21.9. The quantitative estimate of drug-likeness (QED) is 0.837. The maximum Gasteiger partial charge on any atom is 0.435 e. The van der Waals surface area contributed by atoms with E-state index < -0.39 is 29.3 Å². The van der Waals surface area contributed by atoms with Crippen LogP contribution in [0.1, 0.15) is 18.5 Å². The van der Waals surface area contributed by atoms with Crippen molar-refractivity contribution in [2.75, 3.05) is 13.1 Å². The van der Waals surface area contributed by atoms with Crippen LogP contribution in [0.5, 0.6) is 0 Å². The zero-order valence-electron chi connectivity index (χ0n) is 11.4. The average Bonchev–Trinajstić information content (AvgIpc) is 2.87. The summed E-state index contributed by atoms with van der Waals surface area (Å²) in [6, 6.07) is 0.770. The Hall–Kier alpha value is -2.10. The Morgan fingerprint density at radius 2 is 1.91 bits per heavy atom. The molecule has 1 aliphatic rings. The minimum Gasteiger partial charge on any atom is -0.479 e. The van der Waals surface area contributed by atoms with Crippen LogP contribution >= 0.6 is 0 Å². The lowest BCUT2D eigenvalue weighted by molar-refractivity contribution is -0.165. The summed E-state index contributed by atoms with van der Waals surface area (Å²) in [5.41, 5.74) is -2.94. The van der Waals surface area contributed by atoms with Gasteiger partial charge in [-0.15, -0.1) is 0 Å². The lowest BCUT2D eigenvalue weighted by atomic mass is 9.91. The third kappa shape index (κ3) is 3.38. The second-order valence-corrected chi connectivity index (χ2v) is 5.11. The predicted octanol–water partition coefficient (Wildman–Crippen LogP) is 0.340. The first-order valence-corrected chi connectivity index (χ1v) is 6.46. The number of aliphatic hydroxyl groups is 1. The smallest absolute Gasteiger partial charge is 0.435 e. The van der Waals surface area contributed by atoms with E-state index in [4.69, 9.17) is 5.11 Å². The van der Waals surface area contributed by atoms with Crippen LogP contribution < -0.4 is 0 Å². The molecule has 0 atom stereocenters. The van der Waals surface area contributed by atoms with Crippen molar-refractivity contribution >= 4 is 11.9 Å². The number of halogens is 3. The highest BCUT2D eigenvalue weighted by Gasteiger charge is 2.40. The zero-order valence-corrected chi connectivity index (χ0v) is 11.4. The molecule has 2 rings (SSSR count). The number of hydrogen-bond acceptors (Lipinski definition) is 4. The van der Waals surface area contributed by atoms with Gasteiger partial charge >= 0.3 is 12.1 Å². The number of nitrogens with zero attached hydrogens (tertiary/aromatic N) is 3. The van der Waals surface area contributed by atoms with Crippen LogP contribution in [0.4, 0.5) is 13.2 Å². The molecule has 1 amide bonds. The summed E-state index contributed by atoms with van der Waals surface area (Å²) in [5.74, 6) is -1.83. The molecule has 1 saturated heterocycles. The van der Waals surface area contributed by atoms with Gasteiger partial charge in [-0.2, -0.15) is 18.3 Å². The van der Waals surface area contributed by atoms with E-state index in [9.17, 15) is 27.9 Å². The number of alkyl halides is 3. The Morgan fingerprint density at radius 3 is 2.36 bits per heavy atom. The molecule has 0 bridgehead atoms. The number of hydrogen-bond donors (Lipinski definition) is 2. The summed E-state index contributed by atoms with van der Waals surface area (Å²) in [4.78, 5) is 24.1. The van der Waals surface area contributed by atoms with Crippen molar-refractivity contribution in [3.05, 3.63) is 18.0 Å². The van der Waals surface area contributed by atoms with E-state index in [1.807, 2.05) is 0 Å². The van der Waals surface area contributed by atoms with Gasteiger partial charge in [-0.05, 0) is 6.07 Å². The van der Waals surface area contributed by atoms with Gasteiger partial charge in [0.15, 0.2) is 11.3 Å². The van der Waals surface area contributed by atoms with Crippen LogP contribution in [0.25, 0.3) is 0 Å². The highest BCUT2D eigenvalue weighted by Crippen LogP contribution is 2.27. The number of aromatic nitrogens is 2. The lowest BCUT2D eigenvalue weighted by Gasteiger charge is -2.35. The zero-order chi connectivity index (χ0) is 16.5. The number of rotatable bonds is 3. The second-order valence-electron chi connectivity index (χ2n) is 5.11. The molecule has 122 valence electrons. The molecular weight excluding hydrogens is 307 g/mol. The molecule has 0 unspecified atom stereocenters. The number of likely N-dealkylation sites (tertiary alicyclic amines) is 1. The standard InChI is InChI=1S/C12H14F3N3O4/c13-12(14,15)8-1-4-18(16-8)7-9(19)17-5-2-11(22,3-6-17)10(20)21/h1,4,22H,2-3,5-7H2,(H,20,21). The number of carbonyl (C=O) groups is 2. The van der Waals surface area contributed by atoms with Gasteiger partial charge in [0.05, 0.1) is 0 Å². The molecule has 7 nitrogen and oxygen atoms in total. The van der Waals surface area contributed by atoms with E-state index in [-0.39, 0.29) is 32.5 Å². The van der Waals surface area contributed by atoms with Gasteiger partial charge in [-0.3, -0.25) is 9.48 Å². The fourth-order valence-electron chi connectivity index (χ4n) is 2.18. The summed E-state index contributed by atoms with van der Waals surface area (Å²) >= 11 is 0. The maximum atomic E-state index is 12.4. The lowest BCUT2D eigenvalue weighted by Crippen LogP contribution is -2.51. The van der Waals surface area contributed by atoms with Gasteiger partial charge in [0.2, 0.25) is 5.91 Å². The number of amides is 1. The summed E-state index contributed by atoms with van der Waals surface area (Å²) < 4.78 is 38.1. The Labute approximate surface area is 122 Å². The summed E-state index contributed by atoms with van der Waals surface area (Å²) in [7, 11) is 0. The van der Waals surface area contributed by atoms with E-state index in [0.29, 0.717) is 0 Å². The minimum atomic E-state index is -4.57. The normalized spacial score (nSPS) is 18.3. The second kappa shape index (κ2) is 5.59. The monoisotopic (exact) mass is 321 g/mol. The number of carboxylic acid groups (broad SMARTS) is 1. The minimum absolute atomic E-state index is 0.0228. The molecule has 0 aliphatic carbocycles. The molecule has 1 aliphatic heterocycles. The molecule has 1 fully saturated rings. The van der Waals surface area contributed by atoms with Crippen LogP contribution in [0.15, 0.2) is 12.3 Å². The largest absolute Gasteiger partial charge is 0.479 e. The number of piperidine rings is 1. The maximum absolute atomic E-state index is 12.4. The van der Waals surface area contributed by atoms with E-state index in [0.717, 1.165) is 16.9 Å². The van der Waals surface area contributed by atoms with Crippen molar-refractivity contribution in [2.45, 2.75) is 31.2 Å². The SMILES string of the molecule is O=C(Cn1ccc(C(F)(F)F)n1)N1CCC(O)(C(=O)O)CC1. The predicted molar refractivity (Wildman–Crippen MR) is 65.6 cm³/mol. The molecule has 0 saturated carbocycles. The van der Waals surface area contributed by atoms with Gasteiger partial charge in [-0.1, -0.05) is 0 Å². The van der Waals surface area contributed by atoms with Crippen molar-refractivity contribution in [2.24, 2.45) is 0 Å². The summed E-state index contributed by atoms with van der Waals surface area (Å²) in [6.07, 6.45) is -3.77. The first kappa shape index (κ1) is 16.3. The fraction of sp³-hybridized carbons (Fsp3) is 0.583. The van der Waals surface area contributed by atoms with Crippen LogP contribution in [0, 0.1) is 0 Å². The topological polar surface area (TPSA) is 95.7 Å². The van der Waals surface area contributed by atoms with Crippen LogP contribution in [0.2, 0.25) is 0 Å². The fourth-order valence-corrected chi connectivity index (χ4v) is 2.18. The van der Waals surface area contributed by atoms with Crippen molar-refractivity contribution in [3.8, 4) is 0 Å². The third-order valence-electron chi connectivity index (χ3n) is 3.57. The molecule has 0 spiro atoms. The highest BCUT2D eigenvalue weighted by molar-refractivity contribution is 5.79. The average molecular weight is 321 g/mol. The Balaban J connectivity index is 1.94. The first-order valence-electron chi connectivity index (χ1n) is 6.46. The molecule has 1 aromatic rings. The van der Waals surface area contributed by atoms with Gasteiger partial charge in [0, 0.05) is 32.1 Å². The first-order chi connectivity index (χ1) is 10.1. The molecular formula is C12H14F3N3O4. The van der Waals surface area contributed by atoms with Gasteiger partial charge in [0.25, 0.3) is 0 Å². The van der Waals surface area contributed by atoms with Crippen LogP contribution in [-0.4, -0.2) is 55.5 Å². The Morgan fingerprint density at radius 1 is 1.32 bits per heavy atom. The van der Waals surface area contributed by atoms with Crippen molar-refractivity contribution in [3.63, 3.8) is 0 Å². The molecule has 2 heterocycles. The number of carboxylic acids is 1. The van der Waals surface area contributed by atoms with Crippen molar-refractivity contribution in [1.29, 1.82) is 0 Å². The Kier molecular flexibility index (Phi) is 4.14. The van der Waals surface area contributed by atoms with Gasteiger partial charge < -0.3 is 15.1 Å². The highest BCUT2D eigenvalue weighted by atomic mass is 19.4. The van der Waals surface area contributed by atoms with E-state index in [2.05, 4.69) is 5.10 Å². The van der Waals surface area contributed by atoms with Crippen molar-refractivity contribution < 1.29 is 33.0 Å². The third-order valence-corrected chi connectivity index (χ3v) is 3.57. The molecule has 2 N–H and O–H groups in total.